The summed E-state index contributed by atoms with van der Waals surface area (Å²) in [6, 6.07) is 7.99. The zero-order valence-corrected chi connectivity index (χ0v) is 11.4. The molecule has 0 saturated heterocycles. The van der Waals surface area contributed by atoms with Crippen molar-refractivity contribution >= 4 is 0 Å². The van der Waals surface area contributed by atoms with Gasteiger partial charge in [0.05, 0.1) is 7.11 Å². The third-order valence-corrected chi connectivity index (χ3v) is 2.85. The normalized spacial score (nSPS) is 13.2. The van der Waals surface area contributed by atoms with Crippen LogP contribution in [0.25, 0.3) is 0 Å². The van der Waals surface area contributed by atoms with Gasteiger partial charge >= 0.3 is 0 Å². The van der Waals surface area contributed by atoms with Crippen LogP contribution in [0, 0.1) is 5.41 Å². The molecule has 0 aliphatic heterocycles. The molecule has 96 valence electrons. The number of benzene rings is 1. The first-order valence-electron chi connectivity index (χ1n) is 5.91. The molecular weight excluding hydrogens is 214 g/mol. The van der Waals surface area contributed by atoms with Crippen molar-refractivity contribution in [2.75, 3.05) is 20.8 Å². The van der Waals surface area contributed by atoms with Gasteiger partial charge in [-0.05, 0) is 24.6 Å². The van der Waals surface area contributed by atoms with Crippen LogP contribution in [-0.2, 0) is 0 Å². The SMILES string of the molecule is CNC(COc1cccc(OC)c1)C(C)(C)C. The number of likely N-dealkylation sites (N-methyl/N-ethyl adjacent to an activating group) is 1. The Balaban J connectivity index is 2.59. The maximum absolute atomic E-state index is 5.79. The molecule has 0 fully saturated rings. The van der Waals surface area contributed by atoms with Crippen molar-refractivity contribution < 1.29 is 9.47 Å². The van der Waals surface area contributed by atoms with Crippen molar-refractivity contribution in [1.29, 1.82) is 0 Å². The van der Waals surface area contributed by atoms with Crippen molar-refractivity contribution in [2.24, 2.45) is 5.41 Å². The molecule has 0 radical (unpaired) electrons. The third-order valence-electron chi connectivity index (χ3n) is 2.85. The molecule has 0 aliphatic rings. The molecule has 0 aliphatic carbocycles. The molecule has 1 aromatic carbocycles. The van der Waals surface area contributed by atoms with Gasteiger partial charge in [-0.2, -0.15) is 0 Å². The first-order chi connectivity index (χ1) is 7.97. The molecule has 3 nitrogen and oxygen atoms in total. The number of methoxy groups -OCH3 is 1. The Labute approximate surface area is 104 Å². The molecule has 1 atom stereocenters. The number of rotatable bonds is 5. The number of ether oxygens (including phenoxy) is 2. The highest BCUT2D eigenvalue weighted by atomic mass is 16.5. The van der Waals surface area contributed by atoms with E-state index in [1.54, 1.807) is 7.11 Å². The zero-order chi connectivity index (χ0) is 12.9. The van der Waals surface area contributed by atoms with Gasteiger partial charge < -0.3 is 14.8 Å². The molecule has 0 spiro atoms. The number of nitrogens with one attached hydrogen (secondary N) is 1. The van der Waals surface area contributed by atoms with Gasteiger partial charge in [-0.15, -0.1) is 0 Å². The van der Waals surface area contributed by atoms with Gasteiger partial charge in [-0.3, -0.25) is 0 Å². The fourth-order valence-electron chi connectivity index (χ4n) is 1.64. The molecule has 0 saturated carbocycles. The van der Waals surface area contributed by atoms with Crippen LogP contribution in [-0.4, -0.2) is 26.8 Å². The minimum atomic E-state index is 0.174. The van der Waals surface area contributed by atoms with E-state index < -0.39 is 0 Å². The van der Waals surface area contributed by atoms with Gasteiger partial charge in [-0.1, -0.05) is 26.8 Å². The summed E-state index contributed by atoms with van der Waals surface area (Å²) in [6.07, 6.45) is 0. The summed E-state index contributed by atoms with van der Waals surface area (Å²) in [6.45, 7) is 7.24. The minimum Gasteiger partial charge on any atom is -0.497 e. The first kappa shape index (κ1) is 13.8. The van der Waals surface area contributed by atoms with Gasteiger partial charge in [0, 0.05) is 12.1 Å². The van der Waals surface area contributed by atoms with Crippen LogP contribution in [0.15, 0.2) is 24.3 Å². The molecular formula is C14H23NO2. The Kier molecular flexibility index (Phi) is 4.82. The largest absolute Gasteiger partial charge is 0.497 e. The summed E-state index contributed by atoms with van der Waals surface area (Å²) < 4.78 is 10.9. The lowest BCUT2D eigenvalue weighted by Gasteiger charge is -2.30. The Hall–Kier alpha value is -1.22. The van der Waals surface area contributed by atoms with E-state index in [2.05, 4.69) is 26.1 Å². The summed E-state index contributed by atoms with van der Waals surface area (Å²) in [5.74, 6) is 1.66. The van der Waals surface area contributed by atoms with Crippen LogP contribution in [0.1, 0.15) is 20.8 Å². The quantitative estimate of drug-likeness (QED) is 0.854. The monoisotopic (exact) mass is 237 g/mol. The maximum atomic E-state index is 5.79. The molecule has 0 amide bonds. The topological polar surface area (TPSA) is 30.5 Å². The van der Waals surface area contributed by atoms with Crippen LogP contribution in [0.5, 0.6) is 11.5 Å². The smallest absolute Gasteiger partial charge is 0.123 e. The summed E-state index contributed by atoms with van der Waals surface area (Å²) in [7, 11) is 3.62. The molecule has 17 heavy (non-hydrogen) atoms. The van der Waals surface area contributed by atoms with E-state index in [4.69, 9.17) is 9.47 Å². The van der Waals surface area contributed by atoms with E-state index >= 15 is 0 Å². The van der Waals surface area contributed by atoms with E-state index in [0.717, 1.165) is 11.5 Å². The Bertz CT molecular complexity index is 344. The maximum Gasteiger partial charge on any atom is 0.123 e. The zero-order valence-electron chi connectivity index (χ0n) is 11.4. The molecule has 0 aromatic heterocycles. The molecule has 1 unspecified atom stereocenters. The van der Waals surface area contributed by atoms with E-state index in [9.17, 15) is 0 Å². The molecule has 0 bridgehead atoms. The van der Waals surface area contributed by atoms with Crippen molar-refractivity contribution in [1.82, 2.24) is 5.32 Å². The first-order valence-corrected chi connectivity index (χ1v) is 5.91. The second kappa shape index (κ2) is 5.92. The molecule has 3 heteroatoms. The van der Waals surface area contributed by atoms with Gasteiger partial charge in [0.25, 0.3) is 0 Å². The Morgan fingerprint density at radius 1 is 1.24 bits per heavy atom. The average Bonchev–Trinajstić information content (AvgIpc) is 2.28. The average molecular weight is 237 g/mol. The van der Waals surface area contributed by atoms with Gasteiger partial charge in [0.2, 0.25) is 0 Å². The predicted octanol–water partition coefficient (Wildman–Crippen LogP) is 2.71. The van der Waals surface area contributed by atoms with Crippen LogP contribution in [0.2, 0.25) is 0 Å². The standard InChI is InChI=1S/C14H23NO2/c1-14(2,3)13(15-4)10-17-12-8-6-7-11(9-12)16-5/h6-9,13,15H,10H2,1-5H3. The fourth-order valence-corrected chi connectivity index (χ4v) is 1.64. The number of hydrogen-bond acceptors (Lipinski definition) is 3. The highest BCUT2D eigenvalue weighted by molar-refractivity contribution is 5.32. The Morgan fingerprint density at radius 3 is 2.41 bits per heavy atom. The van der Waals surface area contributed by atoms with E-state index in [-0.39, 0.29) is 5.41 Å². The summed E-state index contributed by atoms with van der Waals surface area (Å²) in [5, 5.41) is 3.28. The number of hydrogen-bond donors (Lipinski definition) is 1. The van der Waals surface area contributed by atoms with Gasteiger partial charge in [0.1, 0.15) is 18.1 Å². The van der Waals surface area contributed by atoms with Crippen molar-refractivity contribution in [3.63, 3.8) is 0 Å². The fraction of sp³-hybridized carbons (Fsp3) is 0.571. The van der Waals surface area contributed by atoms with Crippen LogP contribution in [0.3, 0.4) is 0 Å². The van der Waals surface area contributed by atoms with E-state index in [1.807, 2.05) is 31.3 Å². The van der Waals surface area contributed by atoms with Crippen molar-refractivity contribution in [3.05, 3.63) is 24.3 Å². The van der Waals surface area contributed by atoms with E-state index in [1.165, 1.54) is 0 Å². The minimum absolute atomic E-state index is 0.174. The second-order valence-corrected chi connectivity index (χ2v) is 5.20. The van der Waals surface area contributed by atoms with Crippen LogP contribution >= 0.6 is 0 Å². The lowest BCUT2D eigenvalue weighted by Crippen LogP contribution is -2.42. The Morgan fingerprint density at radius 2 is 1.88 bits per heavy atom. The van der Waals surface area contributed by atoms with E-state index in [0.29, 0.717) is 12.6 Å². The highest BCUT2D eigenvalue weighted by Gasteiger charge is 2.23. The highest BCUT2D eigenvalue weighted by Crippen LogP contribution is 2.22. The predicted molar refractivity (Wildman–Crippen MR) is 70.8 cm³/mol. The summed E-state index contributed by atoms with van der Waals surface area (Å²) in [5.41, 5.74) is 0.174. The molecule has 1 aromatic rings. The van der Waals surface area contributed by atoms with Gasteiger partial charge in [-0.25, -0.2) is 0 Å². The summed E-state index contributed by atoms with van der Waals surface area (Å²) >= 11 is 0. The second-order valence-electron chi connectivity index (χ2n) is 5.20. The molecule has 1 rings (SSSR count). The molecule has 1 N–H and O–H groups in total. The van der Waals surface area contributed by atoms with Gasteiger partial charge in [0.15, 0.2) is 0 Å². The molecule has 0 heterocycles. The van der Waals surface area contributed by atoms with Crippen LogP contribution in [0.4, 0.5) is 0 Å². The lowest BCUT2D eigenvalue weighted by molar-refractivity contribution is 0.181. The van der Waals surface area contributed by atoms with Crippen LogP contribution < -0.4 is 14.8 Å². The van der Waals surface area contributed by atoms with Crippen molar-refractivity contribution in [3.8, 4) is 11.5 Å². The third kappa shape index (κ3) is 4.27. The summed E-state index contributed by atoms with van der Waals surface area (Å²) in [4.78, 5) is 0. The lowest BCUT2D eigenvalue weighted by atomic mass is 9.87. The van der Waals surface area contributed by atoms with Crippen molar-refractivity contribution in [2.45, 2.75) is 26.8 Å².